The molecule has 3 aliphatic rings. The van der Waals surface area contributed by atoms with Gasteiger partial charge in [-0.2, -0.15) is 5.26 Å². The molecule has 0 bridgehead atoms. The first-order valence-corrected chi connectivity index (χ1v) is 10.3. The number of hydrogen-bond donors (Lipinski definition) is 0. The molecule has 2 heterocycles. The van der Waals surface area contributed by atoms with E-state index in [0.717, 1.165) is 24.8 Å². The zero-order valence-electron chi connectivity index (χ0n) is 17.7. The normalized spacial score (nSPS) is 27.1. The molecule has 1 aromatic carbocycles. The lowest BCUT2D eigenvalue weighted by atomic mass is 9.64. The maximum Gasteiger partial charge on any atom is 0.257 e. The van der Waals surface area contributed by atoms with Crippen LogP contribution in [0.2, 0.25) is 0 Å². The number of amides is 1. The fourth-order valence-electron chi connectivity index (χ4n) is 5.17. The van der Waals surface area contributed by atoms with E-state index in [-0.39, 0.29) is 28.3 Å². The molecular weight excluding hydrogens is 364 g/mol. The van der Waals surface area contributed by atoms with Crippen molar-refractivity contribution in [3.8, 4) is 11.8 Å². The maximum atomic E-state index is 13.4. The number of nitriles is 1. The quantitative estimate of drug-likeness (QED) is 0.722. The van der Waals surface area contributed by atoms with Gasteiger partial charge in [0.05, 0.1) is 11.1 Å². The largest absolute Gasteiger partial charge is 0.487 e. The van der Waals surface area contributed by atoms with Crippen LogP contribution >= 0.6 is 0 Å². The molecule has 4 rings (SSSR count). The standard InChI is InChI=1S/C24H28N2O3/c1-22(2)14-24(12-17(13-25)20(22)27)10-11-26(15-24)21(28)18-7-5-6-16-8-9-23(3,4)29-19(16)18/h5-7,12H,8-11,14-15H2,1-4H3/t24-/m1/s1. The van der Waals surface area contributed by atoms with Crippen LogP contribution in [0.3, 0.4) is 0 Å². The van der Waals surface area contributed by atoms with Crippen LogP contribution in [-0.2, 0) is 11.2 Å². The molecule has 1 aliphatic carbocycles. The van der Waals surface area contributed by atoms with Gasteiger partial charge in [-0.3, -0.25) is 9.59 Å². The number of fused-ring (bicyclic) bond motifs is 1. The smallest absolute Gasteiger partial charge is 0.257 e. The van der Waals surface area contributed by atoms with E-state index >= 15 is 0 Å². The summed E-state index contributed by atoms with van der Waals surface area (Å²) >= 11 is 0. The molecule has 5 nitrogen and oxygen atoms in total. The van der Waals surface area contributed by atoms with Crippen molar-refractivity contribution in [2.45, 2.75) is 59.0 Å². The Balaban J connectivity index is 1.63. The molecule has 1 atom stereocenters. The second-order valence-corrected chi connectivity index (χ2v) is 10.1. The van der Waals surface area contributed by atoms with Gasteiger partial charge >= 0.3 is 0 Å². The van der Waals surface area contributed by atoms with Crippen molar-refractivity contribution >= 4 is 11.7 Å². The number of benzene rings is 1. The highest BCUT2D eigenvalue weighted by molar-refractivity contribution is 6.04. The zero-order chi connectivity index (χ0) is 21.0. The highest BCUT2D eigenvalue weighted by atomic mass is 16.5. The van der Waals surface area contributed by atoms with Crippen LogP contribution < -0.4 is 4.74 Å². The van der Waals surface area contributed by atoms with E-state index in [1.165, 1.54) is 0 Å². The first-order chi connectivity index (χ1) is 13.6. The Labute approximate surface area is 172 Å². The molecule has 1 aromatic rings. The summed E-state index contributed by atoms with van der Waals surface area (Å²) in [7, 11) is 0. The Bertz CT molecular complexity index is 967. The van der Waals surface area contributed by atoms with E-state index in [9.17, 15) is 14.9 Å². The van der Waals surface area contributed by atoms with Gasteiger partial charge in [-0.15, -0.1) is 0 Å². The van der Waals surface area contributed by atoms with Crippen molar-refractivity contribution in [3.63, 3.8) is 0 Å². The monoisotopic (exact) mass is 392 g/mol. The minimum Gasteiger partial charge on any atom is -0.487 e. The Morgan fingerprint density at radius 1 is 1.21 bits per heavy atom. The molecule has 29 heavy (non-hydrogen) atoms. The number of carbonyl (C=O) groups excluding carboxylic acids is 2. The summed E-state index contributed by atoms with van der Waals surface area (Å²) in [4.78, 5) is 27.8. The molecule has 152 valence electrons. The zero-order valence-corrected chi connectivity index (χ0v) is 17.7. The van der Waals surface area contributed by atoms with Crippen LogP contribution in [0.4, 0.5) is 0 Å². The molecule has 1 amide bonds. The van der Waals surface area contributed by atoms with Crippen LogP contribution in [-0.4, -0.2) is 35.3 Å². The topological polar surface area (TPSA) is 70.4 Å². The van der Waals surface area contributed by atoms with Gasteiger partial charge in [0.15, 0.2) is 5.78 Å². The Morgan fingerprint density at radius 3 is 2.69 bits per heavy atom. The molecule has 0 saturated carbocycles. The molecule has 0 aromatic heterocycles. The molecule has 0 unspecified atom stereocenters. The van der Waals surface area contributed by atoms with Crippen molar-refractivity contribution in [2.75, 3.05) is 13.1 Å². The van der Waals surface area contributed by atoms with E-state index < -0.39 is 5.41 Å². The summed E-state index contributed by atoms with van der Waals surface area (Å²) in [6.07, 6.45) is 5.08. The average Bonchev–Trinajstić information content (AvgIpc) is 3.06. The van der Waals surface area contributed by atoms with Crippen LogP contribution in [0.5, 0.6) is 5.75 Å². The Morgan fingerprint density at radius 2 is 1.97 bits per heavy atom. The Hall–Kier alpha value is -2.61. The highest BCUT2D eigenvalue weighted by Crippen LogP contribution is 2.48. The number of para-hydroxylation sites is 1. The second-order valence-electron chi connectivity index (χ2n) is 10.1. The number of hydrogen-bond acceptors (Lipinski definition) is 4. The predicted molar refractivity (Wildman–Crippen MR) is 110 cm³/mol. The summed E-state index contributed by atoms with van der Waals surface area (Å²) in [5, 5.41) is 9.44. The predicted octanol–water partition coefficient (Wildman–Crippen LogP) is 4.07. The van der Waals surface area contributed by atoms with Gasteiger partial charge in [0, 0.05) is 23.9 Å². The van der Waals surface area contributed by atoms with Gasteiger partial charge in [0.25, 0.3) is 5.91 Å². The molecule has 2 aliphatic heterocycles. The number of nitrogens with zero attached hydrogens (tertiary/aromatic N) is 2. The number of ketones is 1. The van der Waals surface area contributed by atoms with Crippen molar-refractivity contribution in [2.24, 2.45) is 10.8 Å². The third kappa shape index (κ3) is 3.35. The van der Waals surface area contributed by atoms with Gasteiger partial charge in [-0.05, 0) is 51.2 Å². The molecular formula is C24H28N2O3. The van der Waals surface area contributed by atoms with Crippen LogP contribution in [0, 0.1) is 22.2 Å². The number of allylic oxidation sites excluding steroid dienone is 1. The molecule has 0 radical (unpaired) electrons. The first-order valence-electron chi connectivity index (χ1n) is 10.3. The SMILES string of the molecule is CC1(C)CCc2cccc(C(=O)N3CC[C@]4(C=C(C#N)C(=O)C(C)(C)C4)C3)c2O1. The average molecular weight is 392 g/mol. The third-order valence-electron chi connectivity index (χ3n) is 6.60. The minimum atomic E-state index is -0.585. The lowest BCUT2D eigenvalue weighted by molar-refractivity contribution is -0.125. The lowest BCUT2D eigenvalue weighted by Gasteiger charge is -2.38. The number of carbonyl (C=O) groups is 2. The van der Waals surface area contributed by atoms with Crippen LogP contribution in [0.1, 0.15) is 62.9 Å². The summed E-state index contributed by atoms with van der Waals surface area (Å²) in [5.74, 6) is 0.586. The molecule has 1 spiro atoms. The summed E-state index contributed by atoms with van der Waals surface area (Å²) < 4.78 is 6.20. The van der Waals surface area contributed by atoms with Gasteiger partial charge in [0.2, 0.25) is 0 Å². The lowest BCUT2D eigenvalue weighted by Crippen LogP contribution is -2.41. The molecule has 0 N–H and O–H groups in total. The highest BCUT2D eigenvalue weighted by Gasteiger charge is 2.49. The van der Waals surface area contributed by atoms with E-state index in [2.05, 4.69) is 19.9 Å². The fourth-order valence-corrected chi connectivity index (χ4v) is 5.17. The summed E-state index contributed by atoms with van der Waals surface area (Å²) in [6, 6.07) is 7.88. The van der Waals surface area contributed by atoms with Crippen LogP contribution in [0.25, 0.3) is 0 Å². The number of ether oxygens (including phenoxy) is 1. The third-order valence-corrected chi connectivity index (χ3v) is 6.60. The van der Waals surface area contributed by atoms with E-state index in [0.29, 0.717) is 30.8 Å². The minimum absolute atomic E-state index is 0.0296. The number of likely N-dealkylation sites (tertiary alicyclic amines) is 1. The van der Waals surface area contributed by atoms with E-state index in [4.69, 9.17) is 4.74 Å². The summed E-state index contributed by atoms with van der Waals surface area (Å²) in [6.45, 7) is 9.05. The molecule has 5 heteroatoms. The van der Waals surface area contributed by atoms with Crippen molar-refractivity contribution < 1.29 is 14.3 Å². The summed E-state index contributed by atoms with van der Waals surface area (Å²) in [5.41, 5.74) is 0.750. The molecule has 1 saturated heterocycles. The molecule has 1 fully saturated rings. The van der Waals surface area contributed by atoms with Gasteiger partial charge in [0.1, 0.15) is 17.4 Å². The van der Waals surface area contributed by atoms with Crippen molar-refractivity contribution in [1.82, 2.24) is 4.90 Å². The van der Waals surface area contributed by atoms with Crippen LogP contribution in [0.15, 0.2) is 29.8 Å². The van der Waals surface area contributed by atoms with E-state index in [1.807, 2.05) is 43.0 Å². The van der Waals surface area contributed by atoms with E-state index in [1.54, 1.807) is 0 Å². The fraction of sp³-hybridized carbons (Fsp3) is 0.542. The van der Waals surface area contributed by atoms with Gasteiger partial charge < -0.3 is 9.64 Å². The number of Topliss-reactive ketones (excluding diaryl/α,β-unsaturated/α-hetero) is 1. The number of rotatable bonds is 1. The second kappa shape index (κ2) is 6.45. The first kappa shape index (κ1) is 19.7. The van der Waals surface area contributed by atoms with Crippen molar-refractivity contribution in [1.29, 1.82) is 5.26 Å². The number of aryl methyl sites for hydroxylation is 1. The Kier molecular flexibility index (Phi) is 4.38. The van der Waals surface area contributed by atoms with Gasteiger partial charge in [-0.1, -0.05) is 32.1 Å². The van der Waals surface area contributed by atoms with Crippen molar-refractivity contribution in [3.05, 3.63) is 41.0 Å². The maximum absolute atomic E-state index is 13.4. The van der Waals surface area contributed by atoms with Gasteiger partial charge in [-0.25, -0.2) is 0 Å².